The van der Waals surface area contributed by atoms with Crippen LogP contribution in [-0.2, 0) is 0 Å². The van der Waals surface area contributed by atoms with Crippen molar-refractivity contribution in [3.8, 4) is 0 Å². The van der Waals surface area contributed by atoms with Crippen molar-refractivity contribution < 1.29 is 4.79 Å². The fourth-order valence-electron chi connectivity index (χ4n) is 3.25. The predicted octanol–water partition coefficient (Wildman–Crippen LogP) is 2.05. The predicted molar refractivity (Wildman–Crippen MR) is 91.7 cm³/mol. The molecule has 4 rings (SSSR count). The number of amides is 1. The number of benzene rings is 1. The minimum atomic E-state index is -0.0344. The molecule has 1 aliphatic heterocycles. The number of hydrogen-bond donors (Lipinski definition) is 2. The zero-order valence-electron chi connectivity index (χ0n) is 13.5. The lowest BCUT2D eigenvalue weighted by Crippen LogP contribution is -2.48. The van der Waals surface area contributed by atoms with Crippen molar-refractivity contribution in [2.45, 2.75) is 13.0 Å². The van der Waals surface area contributed by atoms with E-state index in [1.807, 2.05) is 48.4 Å². The maximum absolute atomic E-state index is 13.1. The molecule has 1 amide bonds. The van der Waals surface area contributed by atoms with Crippen molar-refractivity contribution in [1.82, 2.24) is 25.4 Å². The number of carbonyl (C=O) groups is 1. The van der Waals surface area contributed by atoms with E-state index in [-0.39, 0.29) is 11.9 Å². The third-order valence-electron chi connectivity index (χ3n) is 4.55. The van der Waals surface area contributed by atoms with Gasteiger partial charge in [-0.15, -0.1) is 0 Å². The Morgan fingerprint density at radius 3 is 3.04 bits per heavy atom. The van der Waals surface area contributed by atoms with Gasteiger partial charge < -0.3 is 10.2 Å². The number of carbonyl (C=O) groups excluding carboxylic acids is 1. The van der Waals surface area contributed by atoms with E-state index < -0.39 is 0 Å². The molecule has 2 aromatic heterocycles. The van der Waals surface area contributed by atoms with Gasteiger partial charge in [0, 0.05) is 36.8 Å². The number of pyridine rings is 1. The molecule has 0 radical (unpaired) electrons. The van der Waals surface area contributed by atoms with E-state index in [0.717, 1.165) is 35.1 Å². The van der Waals surface area contributed by atoms with Crippen LogP contribution in [0.4, 0.5) is 0 Å². The number of fused-ring (bicyclic) bond motifs is 1. The van der Waals surface area contributed by atoms with Crippen molar-refractivity contribution >= 4 is 16.8 Å². The smallest absolute Gasteiger partial charge is 0.273 e. The van der Waals surface area contributed by atoms with Gasteiger partial charge in [0.25, 0.3) is 5.91 Å². The van der Waals surface area contributed by atoms with Gasteiger partial charge in [0.2, 0.25) is 0 Å². The molecule has 0 spiro atoms. The third-order valence-corrected chi connectivity index (χ3v) is 4.55. The molecule has 3 heterocycles. The highest BCUT2D eigenvalue weighted by Gasteiger charge is 2.29. The number of piperazine rings is 1. The van der Waals surface area contributed by atoms with Crippen LogP contribution < -0.4 is 5.32 Å². The highest BCUT2D eigenvalue weighted by atomic mass is 16.2. The Labute approximate surface area is 139 Å². The maximum Gasteiger partial charge on any atom is 0.273 e. The van der Waals surface area contributed by atoms with Gasteiger partial charge >= 0.3 is 0 Å². The molecule has 1 aromatic carbocycles. The molecule has 1 aliphatic rings. The largest absolute Gasteiger partial charge is 0.328 e. The lowest BCUT2D eigenvalue weighted by atomic mass is 10.1. The lowest BCUT2D eigenvalue weighted by molar-refractivity contribution is 0.0628. The summed E-state index contributed by atoms with van der Waals surface area (Å²) in [4.78, 5) is 19.6. The first kappa shape index (κ1) is 14.8. The molecule has 0 aliphatic carbocycles. The third kappa shape index (κ3) is 2.55. The van der Waals surface area contributed by atoms with Gasteiger partial charge in [0.1, 0.15) is 5.69 Å². The molecule has 24 heavy (non-hydrogen) atoms. The lowest BCUT2D eigenvalue weighted by Gasteiger charge is -2.35. The molecule has 1 atom stereocenters. The first-order chi connectivity index (χ1) is 11.7. The number of rotatable bonds is 2. The summed E-state index contributed by atoms with van der Waals surface area (Å²) in [5.74, 6) is -0.0344. The number of para-hydroxylation sites is 1. The molecule has 1 unspecified atom stereocenters. The quantitative estimate of drug-likeness (QED) is 0.757. The van der Waals surface area contributed by atoms with Crippen molar-refractivity contribution in [3.63, 3.8) is 0 Å². The fourth-order valence-corrected chi connectivity index (χ4v) is 3.25. The van der Waals surface area contributed by atoms with Gasteiger partial charge in [-0.2, -0.15) is 5.10 Å². The summed E-state index contributed by atoms with van der Waals surface area (Å²) < 4.78 is 0. The molecule has 3 aromatic rings. The van der Waals surface area contributed by atoms with E-state index in [9.17, 15) is 4.79 Å². The average Bonchev–Trinajstić information content (AvgIpc) is 3.16. The number of aryl methyl sites for hydroxylation is 1. The van der Waals surface area contributed by atoms with Crippen LogP contribution in [0.15, 0.2) is 42.7 Å². The van der Waals surface area contributed by atoms with Gasteiger partial charge in [0.05, 0.1) is 17.8 Å². The second kappa shape index (κ2) is 6.05. The van der Waals surface area contributed by atoms with Crippen LogP contribution in [0.3, 0.4) is 0 Å². The van der Waals surface area contributed by atoms with Gasteiger partial charge in [0.15, 0.2) is 0 Å². The van der Waals surface area contributed by atoms with Gasteiger partial charge in [-0.25, -0.2) is 4.98 Å². The van der Waals surface area contributed by atoms with Crippen LogP contribution in [-0.4, -0.2) is 45.6 Å². The number of nitrogens with zero attached hydrogens (tertiary/aromatic N) is 3. The summed E-state index contributed by atoms with van der Waals surface area (Å²) in [5, 5.41) is 11.2. The van der Waals surface area contributed by atoms with E-state index in [4.69, 9.17) is 0 Å². The van der Waals surface area contributed by atoms with Crippen LogP contribution in [0.5, 0.6) is 0 Å². The summed E-state index contributed by atoms with van der Waals surface area (Å²) in [5.41, 5.74) is 3.46. The van der Waals surface area contributed by atoms with Crippen molar-refractivity contribution in [3.05, 3.63) is 59.5 Å². The van der Waals surface area contributed by atoms with Crippen molar-refractivity contribution in [2.75, 3.05) is 19.6 Å². The van der Waals surface area contributed by atoms with E-state index in [2.05, 4.69) is 20.5 Å². The zero-order chi connectivity index (χ0) is 16.5. The Morgan fingerprint density at radius 1 is 1.29 bits per heavy atom. The van der Waals surface area contributed by atoms with Gasteiger partial charge in [-0.3, -0.25) is 9.89 Å². The number of H-pyrrole nitrogens is 1. The maximum atomic E-state index is 13.1. The van der Waals surface area contributed by atoms with E-state index in [0.29, 0.717) is 12.2 Å². The summed E-state index contributed by atoms with van der Waals surface area (Å²) in [6, 6.07) is 9.80. The topological polar surface area (TPSA) is 73.9 Å². The zero-order valence-corrected chi connectivity index (χ0v) is 13.5. The van der Waals surface area contributed by atoms with E-state index in [1.54, 1.807) is 6.20 Å². The van der Waals surface area contributed by atoms with Gasteiger partial charge in [-0.1, -0.05) is 24.3 Å². The molecular formula is C18H19N5O. The van der Waals surface area contributed by atoms with Crippen LogP contribution in [0.2, 0.25) is 0 Å². The van der Waals surface area contributed by atoms with Gasteiger partial charge in [-0.05, 0) is 18.6 Å². The fraction of sp³-hybridized carbons (Fsp3) is 0.278. The molecule has 6 nitrogen and oxygen atoms in total. The second-order valence-corrected chi connectivity index (χ2v) is 6.09. The standard InChI is InChI=1S/C18H19N5O/c1-12-3-2-4-13-5-6-15(22-17(12)13)18(24)23-8-7-19-11-16(23)14-9-20-21-10-14/h2-6,9-10,16,19H,7-8,11H2,1H3,(H,20,21). The Balaban J connectivity index is 1.70. The van der Waals surface area contributed by atoms with Crippen LogP contribution in [0.1, 0.15) is 27.7 Å². The Bertz CT molecular complexity index is 874. The summed E-state index contributed by atoms with van der Waals surface area (Å²) >= 11 is 0. The molecule has 0 bridgehead atoms. The Hall–Kier alpha value is -2.73. The van der Waals surface area contributed by atoms with E-state index >= 15 is 0 Å². The Morgan fingerprint density at radius 2 is 2.21 bits per heavy atom. The van der Waals surface area contributed by atoms with Crippen molar-refractivity contribution in [2.24, 2.45) is 0 Å². The van der Waals surface area contributed by atoms with Crippen LogP contribution >= 0.6 is 0 Å². The van der Waals surface area contributed by atoms with E-state index in [1.165, 1.54) is 0 Å². The molecule has 1 saturated heterocycles. The highest BCUT2D eigenvalue weighted by molar-refractivity contribution is 5.95. The minimum absolute atomic E-state index is 0.0284. The number of aromatic amines is 1. The molecule has 6 heteroatoms. The summed E-state index contributed by atoms with van der Waals surface area (Å²) in [6.45, 7) is 4.18. The highest BCUT2D eigenvalue weighted by Crippen LogP contribution is 2.24. The second-order valence-electron chi connectivity index (χ2n) is 6.09. The summed E-state index contributed by atoms with van der Waals surface area (Å²) in [7, 11) is 0. The first-order valence-corrected chi connectivity index (χ1v) is 8.11. The normalized spacial score (nSPS) is 18.0. The first-order valence-electron chi connectivity index (χ1n) is 8.11. The number of aromatic nitrogens is 3. The molecule has 2 N–H and O–H groups in total. The Kier molecular flexibility index (Phi) is 3.74. The minimum Gasteiger partial charge on any atom is -0.328 e. The number of nitrogens with one attached hydrogen (secondary N) is 2. The average molecular weight is 321 g/mol. The number of hydrogen-bond acceptors (Lipinski definition) is 4. The molecular weight excluding hydrogens is 302 g/mol. The van der Waals surface area contributed by atoms with Crippen LogP contribution in [0.25, 0.3) is 10.9 Å². The SMILES string of the molecule is Cc1cccc2ccc(C(=O)N3CCNCC3c3cn[nH]c3)nc12. The van der Waals surface area contributed by atoms with Crippen molar-refractivity contribution in [1.29, 1.82) is 0 Å². The molecule has 1 fully saturated rings. The van der Waals surface area contributed by atoms with Crippen LogP contribution in [0, 0.1) is 6.92 Å². The summed E-state index contributed by atoms with van der Waals surface area (Å²) in [6.07, 6.45) is 3.62. The molecule has 122 valence electrons. The molecule has 0 saturated carbocycles. The monoisotopic (exact) mass is 321 g/mol.